The van der Waals surface area contributed by atoms with Crippen molar-refractivity contribution < 1.29 is 4.79 Å². The van der Waals surface area contributed by atoms with E-state index in [1.54, 1.807) is 5.57 Å². The number of allylic oxidation sites excluding steroid dienone is 4. The maximum absolute atomic E-state index is 12.5. The van der Waals surface area contributed by atoms with E-state index < -0.39 is 0 Å². The minimum atomic E-state index is 0.149. The fourth-order valence-corrected chi connectivity index (χ4v) is 4.45. The van der Waals surface area contributed by atoms with Crippen molar-refractivity contribution in [3.63, 3.8) is 0 Å². The average molecular weight is 258 g/mol. The molecule has 0 radical (unpaired) electrons. The van der Waals surface area contributed by atoms with Gasteiger partial charge in [-0.2, -0.15) is 0 Å². The Balaban J connectivity index is 1.88. The summed E-state index contributed by atoms with van der Waals surface area (Å²) in [6.07, 6.45) is 14.1. The first-order valence-corrected chi connectivity index (χ1v) is 8.04. The Morgan fingerprint density at radius 1 is 1.21 bits per heavy atom. The summed E-state index contributed by atoms with van der Waals surface area (Å²) in [5, 5.41) is 0. The molecule has 19 heavy (non-hydrogen) atoms. The summed E-state index contributed by atoms with van der Waals surface area (Å²) < 4.78 is 0. The lowest BCUT2D eigenvalue weighted by atomic mass is 9.57. The zero-order chi connectivity index (χ0) is 13.5. The number of fused-ring (bicyclic) bond motifs is 1. The van der Waals surface area contributed by atoms with Crippen LogP contribution in [-0.2, 0) is 4.79 Å². The first kappa shape index (κ1) is 13.1. The molecular formula is C18H26O. The third-order valence-electron chi connectivity index (χ3n) is 5.90. The number of hydrogen-bond acceptors (Lipinski definition) is 1. The Kier molecular flexibility index (Phi) is 3.41. The monoisotopic (exact) mass is 258 g/mol. The Morgan fingerprint density at radius 3 is 2.79 bits per heavy atom. The molecule has 1 fully saturated rings. The molecule has 1 heteroatoms. The van der Waals surface area contributed by atoms with Gasteiger partial charge in [-0.05, 0) is 67.8 Å². The van der Waals surface area contributed by atoms with Crippen LogP contribution in [0, 0.1) is 17.3 Å². The molecule has 0 heterocycles. The molecule has 0 saturated heterocycles. The van der Waals surface area contributed by atoms with E-state index >= 15 is 0 Å². The van der Waals surface area contributed by atoms with Crippen LogP contribution in [0.4, 0.5) is 0 Å². The van der Waals surface area contributed by atoms with Crippen LogP contribution in [0.2, 0.25) is 0 Å². The van der Waals surface area contributed by atoms with Crippen LogP contribution >= 0.6 is 0 Å². The van der Waals surface area contributed by atoms with Gasteiger partial charge in [0.2, 0.25) is 0 Å². The zero-order valence-electron chi connectivity index (χ0n) is 12.4. The van der Waals surface area contributed by atoms with E-state index in [2.05, 4.69) is 26.0 Å². The molecule has 1 nitrogen and oxygen atoms in total. The molecule has 3 unspecified atom stereocenters. The van der Waals surface area contributed by atoms with Gasteiger partial charge < -0.3 is 0 Å². The Bertz CT molecular complexity index is 443. The summed E-state index contributed by atoms with van der Waals surface area (Å²) in [4.78, 5) is 12.5. The normalized spacial score (nSPS) is 39.4. The van der Waals surface area contributed by atoms with Gasteiger partial charge in [0.1, 0.15) is 0 Å². The maximum atomic E-state index is 12.5. The molecule has 0 aromatic rings. The Morgan fingerprint density at radius 2 is 2.05 bits per heavy atom. The molecule has 0 amide bonds. The average Bonchev–Trinajstić information content (AvgIpc) is 2.41. The molecule has 3 aliphatic carbocycles. The van der Waals surface area contributed by atoms with Crippen molar-refractivity contribution >= 4 is 5.78 Å². The maximum Gasteiger partial charge on any atom is 0.159 e. The van der Waals surface area contributed by atoms with Gasteiger partial charge in [0.25, 0.3) is 0 Å². The van der Waals surface area contributed by atoms with Crippen molar-refractivity contribution in [3.8, 4) is 0 Å². The van der Waals surface area contributed by atoms with E-state index in [0.717, 1.165) is 12.8 Å². The highest BCUT2D eigenvalue weighted by Crippen LogP contribution is 2.52. The van der Waals surface area contributed by atoms with Crippen molar-refractivity contribution in [2.75, 3.05) is 0 Å². The fraction of sp³-hybridized carbons (Fsp3) is 0.722. The predicted molar refractivity (Wildman–Crippen MR) is 78.9 cm³/mol. The van der Waals surface area contributed by atoms with Crippen LogP contribution in [-0.4, -0.2) is 5.78 Å². The van der Waals surface area contributed by atoms with Crippen LogP contribution in [0.3, 0.4) is 0 Å². The highest BCUT2D eigenvalue weighted by Gasteiger charge is 2.46. The Hall–Kier alpha value is -0.850. The number of rotatable bonds is 1. The van der Waals surface area contributed by atoms with Crippen LogP contribution in [0.25, 0.3) is 0 Å². The summed E-state index contributed by atoms with van der Waals surface area (Å²) in [6.45, 7) is 4.69. The van der Waals surface area contributed by atoms with Crippen LogP contribution in [0.1, 0.15) is 65.2 Å². The summed E-state index contributed by atoms with van der Waals surface area (Å²) in [5.74, 6) is 1.63. The number of hydrogen-bond donors (Lipinski definition) is 0. The van der Waals surface area contributed by atoms with Gasteiger partial charge in [0.15, 0.2) is 5.78 Å². The van der Waals surface area contributed by atoms with E-state index in [9.17, 15) is 4.79 Å². The van der Waals surface area contributed by atoms with Crippen molar-refractivity contribution in [2.24, 2.45) is 17.3 Å². The van der Waals surface area contributed by atoms with Crippen molar-refractivity contribution in [2.45, 2.75) is 65.2 Å². The van der Waals surface area contributed by atoms with E-state index in [1.807, 2.05) is 0 Å². The number of Topliss-reactive ketones (excluding diaryl/α,β-unsaturated/α-hetero) is 1. The van der Waals surface area contributed by atoms with Crippen molar-refractivity contribution in [1.82, 2.24) is 0 Å². The summed E-state index contributed by atoms with van der Waals surface area (Å²) >= 11 is 0. The lowest BCUT2D eigenvalue weighted by Gasteiger charge is -2.47. The number of carbonyl (C=O) groups excluding carboxylic acids is 1. The third kappa shape index (κ3) is 2.22. The molecule has 0 aromatic carbocycles. The largest absolute Gasteiger partial charge is 0.295 e. The molecular weight excluding hydrogens is 232 g/mol. The van der Waals surface area contributed by atoms with Crippen molar-refractivity contribution in [1.29, 1.82) is 0 Å². The van der Waals surface area contributed by atoms with Gasteiger partial charge in [-0.1, -0.05) is 31.6 Å². The second-order valence-corrected chi connectivity index (χ2v) is 7.07. The molecule has 0 bridgehead atoms. The van der Waals surface area contributed by atoms with E-state index in [4.69, 9.17) is 0 Å². The van der Waals surface area contributed by atoms with Gasteiger partial charge in [0, 0.05) is 6.42 Å². The SMILES string of the molecule is CC1CCC=C2C(=O)CC(C3=CCCCC3)CC21C. The smallest absolute Gasteiger partial charge is 0.159 e. The van der Waals surface area contributed by atoms with Crippen molar-refractivity contribution in [3.05, 3.63) is 23.3 Å². The standard InChI is InChI=1S/C18H26O/c1-13-7-6-10-16-17(19)11-15(12-18(13,16)2)14-8-4-3-5-9-14/h8,10,13,15H,3-7,9,11-12H2,1-2H3. The predicted octanol–water partition coefficient (Wildman–Crippen LogP) is 4.83. The van der Waals surface area contributed by atoms with Crippen LogP contribution in [0.15, 0.2) is 23.3 Å². The number of ketones is 1. The third-order valence-corrected chi connectivity index (χ3v) is 5.90. The Labute approximate surface area is 117 Å². The lowest BCUT2D eigenvalue weighted by Crippen LogP contribution is -2.41. The first-order chi connectivity index (χ1) is 9.11. The first-order valence-electron chi connectivity index (χ1n) is 8.04. The molecule has 0 aliphatic heterocycles. The highest BCUT2D eigenvalue weighted by atomic mass is 16.1. The summed E-state index contributed by atoms with van der Waals surface area (Å²) in [6, 6.07) is 0. The molecule has 3 rings (SSSR count). The summed E-state index contributed by atoms with van der Waals surface area (Å²) in [7, 11) is 0. The molecule has 0 spiro atoms. The summed E-state index contributed by atoms with van der Waals surface area (Å²) in [5.41, 5.74) is 2.91. The molecule has 1 saturated carbocycles. The zero-order valence-corrected chi connectivity index (χ0v) is 12.4. The van der Waals surface area contributed by atoms with Gasteiger partial charge >= 0.3 is 0 Å². The molecule has 0 aromatic heterocycles. The van der Waals surface area contributed by atoms with Crippen LogP contribution in [0.5, 0.6) is 0 Å². The number of carbonyl (C=O) groups is 1. The molecule has 3 aliphatic rings. The molecule has 3 atom stereocenters. The van der Waals surface area contributed by atoms with Gasteiger partial charge in [-0.15, -0.1) is 0 Å². The van der Waals surface area contributed by atoms with E-state index in [-0.39, 0.29) is 5.41 Å². The lowest BCUT2D eigenvalue weighted by molar-refractivity contribution is -0.120. The second-order valence-electron chi connectivity index (χ2n) is 7.07. The van der Waals surface area contributed by atoms with Crippen LogP contribution < -0.4 is 0 Å². The quantitative estimate of drug-likeness (QED) is 0.616. The molecule has 0 N–H and O–H groups in total. The minimum Gasteiger partial charge on any atom is -0.295 e. The molecule has 104 valence electrons. The van der Waals surface area contributed by atoms with E-state index in [0.29, 0.717) is 17.6 Å². The van der Waals surface area contributed by atoms with Gasteiger partial charge in [-0.25, -0.2) is 0 Å². The second kappa shape index (κ2) is 4.92. The fourth-order valence-electron chi connectivity index (χ4n) is 4.45. The van der Waals surface area contributed by atoms with Gasteiger partial charge in [0.05, 0.1) is 0 Å². The highest BCUT2D eigenvalue weighted by molar-refractivity contribution is 5.98. The van der Waals surface area contributed by atoms with E-state index in [1.165, 1.54) is 44.1 Å². The topological polar surface area (TPSA) is 17.1 Å². The van der Waals surface area contributed by atoms with Gasteiger partial charge in [-0.3, -0.25) is 4.79 Å². The minimum absolute atomic E-state index is 0.149.